The summed E-state index contributed by atoms with van der Waals surface area (Å²) in [5.74, 6) is 2.41. The molecule has 2 heterocycles. The number of nitrogens with zero attached hydrogens (tertiary/aromatic N) is 4. The van der Waals surface area contributed by atoms with Crippen LogP contribution >= 0.6 is 0 Å². The smallest absolute Gasteiger partial charge is 0.164 e. The number of hydrogen-bond acceptors (Lipinski definition) is 6. The first-order valence-electron chi connectivity index (χ1n) is 7.86. The molecule has 0 saturated carbocycles. The molecule has 0 fully saturated rings. The highest BCUT2D eigenvalue weighted by Crippen LogP contribution is 2.43. The highest BCUT2D eigenvalue weighted by molar-refractivity contribution is 5.86. The molecule has 3 aromatic rings. The third-order valence-electron chi connectivity index (χ3n) is 4.58. The van der Waals surface area contributed by atoms with Gasteiger partial charge < -0.3 is 14.8 Å². The van der Waals surface area contributed by atoms with Crippen molar-refractivity contribution in [2.75, 3.05) is 19.5 Å². The fourth-order valence-electron chi connectivity index (χ4n) is 3.43. The van der Waals surface area contributed by atoms with Gasteiger partial charge in [0.25, 0.3) is 0 Å². The van der Waals surface area contributed by atoms with E-state index in [1.807, 2.05) is 13.1 Å². The Bertz CT molecular complexity index is 905. The first-order valence-corrected chi connectivity index (χ1v) is 7.86. The minimum Gasteiger partial charge on any atom is -0.493 e. The molecule has 1 aromatic carbocycles. The van der Waals surface area contributed by atoms with Crippen LogP contribution in [0, 0.1) is 0 Å². The summed E-state index contributed by atoms with van der Waals surface area (Å²) in [5, 5.41) is 8.73. The maximum Gasteiger partial charge on any atom is 0.164 e. The number of aromatic nitrogens is 4. The quantitative estimate of drug-likeness (QED) is 0.794. The summed E-state index contributed by atoms with van der Waals surface area (Å²) in [6, 6.07) is 4.23. The van der Waals surface area contributed by atoms with Gasteiger partial charge in [-0.2, -0.15) is 5.10 Å². The summed E-state index contributed by atoms with van der Waals surface area (Å²) in [6.07, 6.45) is 5.28. The summed E-state index contributed by atoms with van der Waals surface area (Å²) >= 11 is 0. The molecule has 0 saturated heterocycles. The Balaban J connectivity index is 1.71. The van der Waals surface area contributed by atoms with Gasteiger partial charge in [0.2, 0.25) is 0 Å². The highest BCUT2D eigenvalue weighted by atomic mass is 16.5. The van der Waals surface area contributed by atoms with Crippen LogP contribution in [-0.2, 0) is 13.5 Å². The SMILES string of the molecule is COc1ccc2c(c1OC)CCC2Nc1ncnc2c1cnn2C. The van der Waals surface area contributed by atoms with Gasteiger partial charge in [0.15, 0.2) is 17.1 Å². The lowest BCUT2D eigenvalue weighted by atomic mass is 10.1. The van der Waals surface area contributed by atoms with Crippen LogP contribution in [0.3, 0.4) is 0 Å². The lowest BCUT2D eigenvalue weighted by Crippen LogP contribution is -2.09. The highest BCUT2D eigenvalue weighted by Gasteiger charge is 2.28. The number of nitrogens with one attached hydrogen (secondary N) is 1. The van der Waals surface area contributed by atoms with Gasteiger partial charge in [-0.3, -0.25) is 4.68 Å². The van der Waals surface area contributed by atoms with E-state index < -0.39 is 0 Å². The molecule has 2 aromatic heterocycles. The van der Waals surface area contributed by atoms with Gasteiger partial charge in [0, 0.05) is 12.6 Å². The van der Waals surface area contributed by atoms with E-state index in [1.54, 1.807) is 31.4 Å². The Morgan fingerprint density at radius 2 is 2.08 bits per heavy atom. The Hall–Kier alpha value is -2.83. The first-order chi connectivity index (χ1) is 11.7. The minimum absolute atomic E-state index is 0.179. The van der Waals surface area contributed by atoms with E-state index in [9.17, 15) is 0 Å². The summed E-state index contributed by atoms with van der Waals surface area (Å²) in [5.41, 5.74) is 3.24. The van der Waals surface area contributed by atoms with Crippen molar-refractivity contribution < 1.29 is 9.47 Å². The van der Waals surface area contributed by atoms with E-state index in [4.69, 9.17) is 9.47 Å². The van der Waals surface area contributed by atoms with Gasteiger partial charge in [-0.15, -0.1) is 0 Å². The molecular weight excluding hydrogens is 306 g/mol. The van der Waals surface area contributed by atoms with Gasteiger partial charge in [0.1, 0.15) is 12.1 Å². The van der Waals surface area contributed by atoms with Crippen molar-refractivity contribution in [1.29, 1.82) is 0 Å². The number of fused-ring (bicyclic) bond motifs is 2. The molecule has 7 nitrogen and oxygen atoms in total. The van der Waals surface area contributed by atoms with E-state index in [-0.39, 0.29) is 6.04 Å². The molecule has 1 atom stereocenters. The molecule has 0 bridgehead atoms. The molecular formula is C17H19N5O2. The van der Waals surface area contributed by atoms with Crippen LogP contribution in [-0.4, -0.2) is 34.0 Å². The van der Waals surface area contributed by atoms with Crippen LogP contribution < -0.4 is 14.8 Å². The van der Waals surface area contributed by atoms with Crippen molar-refractivity contribution >= 4 is 16.9 Å². The average molecular weight is 325 g/mol. The second kappa shape index (κ2) is 5.67. The average Bonchev–Trinajstić information content (AvgIpc) is 3.19. The zero-order valence-corrected chi connectivity index (χ0v) is 13.9. The fourth-order valence-corrected chi connectivity index (χ4v) is 3.43. The molecule has 0 aliphatic heterocycles. The Kier molecular flexibility index (Phi) is 3.48. The zero-order valence-electron chi connectivity index (χ0n) is 13.9. The largest absolute Gasteiger partial charge is 0.493 e. The predicted octanol–water partition coefficient (Wildman–Crippen LogP) is 2.48. The molecule has 0 radical (unpaired) electrons. The maximum absolute atomic E-state index is 5.56. The van der Waals surface area contributed by atoms with E-state index in [0.29, 0.717) is 0 Å². The topological polar surface area (TPSA) is 74.1 Å². The number of rotatable bonds is 4. The molecule has 124 valence electrons. The van der Waals surface area contributed by atoms with Gasteiger partial charge in [-0.05, 0) is 24.5 Å². The third-order valence-corrected chi connectivity index (χ3v) is 4.58. The van der Waals surface area contributed by atoms with Crippen molar-refractivity contribution in [1.82, 2.24) is 19.7 Å². The van der Waals surface area contributed by atoms with Crippen molar-refractivity contribution in [2.45, 2.75) is 18.9 Å². The molecule has 1 unspecified atom stereocenters. The van der Waals surface area contributed by atoms with Gasteiger partial charge >= 0.3 is 0 Å². The lowest BCUT2D eigenvalue weighted by Gasteiger charge is -2.17. The summed E-state index contributed by atoms with van der Waals surface area (Å²) < 4.78 is 12.7. The van der Waals surface area contributed by atoms with Crippen LogP contribution in [0.1, 0.15) is 23.6 Å². The van der Waals surface area contributed by atoms with Crippen molar-refractivity contribution in [3.05, 3.63) is 35.8 Å². The van der Waals surface area contributed by atoms with E-state index in [0.717, 1.165) is 41.2 Å². The predicted molar refractivity (Wildman–Crippen MR) is 90.5 cm³/mol. The third kappa shape index (κ3) is 2.16. The van der Waals surface area contributed by atoms with Crippen LogP contribution in [0.2, 0.25) is 0 Å². The summed E-state index contributed by atoms with van der Waals surface area (Å²) in [4.78, 5) is 8.68. The maximum atomic E-state index is 5.56. The molecule has 1 N–H and O–H groups in total. The van der Waals surface area contributed by atoms with Crippen LogP contribution in [0.25, 0.3) is 11.0 Å². The molecule has 1 aliphatic rings. The van der Waals surface area contributed by atoms with E-state index in [2.05, 4.69) is 26.4 Å². The Morgan fingerprint density at radius 1 is 1.21 bits per heavy atom. The molecule has 4 rings (SSSR count). The summed E-state index contributed by atoms with van der Waals surface area (Å²) in [6.45, 7) is 0. The number of methoxy groups -OCH3 is 2. The van der Waals surface area contributed by atoms with Crippen molar-refractivity contribution in [3.63, 3.8) is 0 Å². The monoisotopic (exact) mass is 325 g/mol. The molecule has 7 heteroatoms. The molecule has 24 heavy (non-hydrogen) atoms. The van der Waals surface area contributed by atoms with Gasteiger partial charge in [0.05, 0.1) is 31.8 Å². The van der Waals surface area contributed by atoms with Crippen LogP contribution in [0.5, 0.6) is 11.5 Å². The van der Waals surface area contributed by atoms with Gasteiger partial charge in [-0.25, -0.2) is 9.97 Å². The number of hydrogen-bond donors (Lipinski definition) is 1. The Labute approximate surface area is 139 Å². The van der Waals surface area contributed by atoms with Crippen molar-refractivity contribution in [2.24, 2.45) is 7.05 Å². The minimum atomic E-state index is 0.179. The molecule has 1 aliphatic carbocycles. The van der Waals surface area contributed by atoms with Crippen LogP contribution in [0.15, 0.2) is 24.7 Å². The standard InChI is InChI=1S/C17H19N5O2/c1-22-17-12(8-20-22)16(18-9-19-17)21-13-6-4-11-10(13)5-7-14(23-2)15(11)24-3/h5,7-9,13H,4,6H2,1-3H3,(H,18,19,21). The summed E-state index contributed by atoms with van der Waals surface area (Å²) in [7, 11) is 5.22. The molecule has 0 spiro atoms. The number of ether oxygens (including phenoxy) is 2. The second-order valence-electron chi connectivity index (χ2n) is 5.83. The van der Waals surface area contributed by atoms with Crippen LogP contribution in [0.4, 0.5) is 5.82 Å². The zero-order chi connectivity index (χ0) is 16.7. The fraction of sp³-hybridized carbons (Fsp3) is 0.353. The normalized spacial score (nSPS) is 16.2. The second-order valence-corrected chi connectivity index (χ2v) is 5.83. The Morgan fingerprint density at radius 3 is 2.88 bits per heavy atom. The number of anilines is 1. The van der Waals surface area contributed by atoms with Crippen molar-refractivity contribution in [3.8, 4) is 11.5 Å². The van der Waals surface area contributed by atoms with E-state index >= 15 is 0 Å². The first kappa shape index (κ1) is 14.7. The molecule has 0 amide bonds. The van der Waals surface area contributed by atoms with E-state index in [1.165, 1.54) is 11.1 Å². The number of aryl methyl sites for hydroxylation is 1. The number of benzene rings is 1. The van der Waals surface area contributed by atoms with Gasteiger partial charge in [-0.1, -0.05) is 6.07 Å². The lowest BCUT2D eigenvalue weighted by molar-refractivity contribution is 0.352.